The Kier molecular flexibility index (Phi) is 3.00. The normalized spacial score (nSPS) is 32.2. The highest BCUT2D eigenvalue weighted by atomic mass is 16.5. The number of Topliss-reactive ketones (excluding diaryl/α,β-unsaturated/α-hetero) is 1. The first-order valence-electron chi connectivity index (χ1n) is 6.95. The van der Waals surface area contributed by atoms with Crippen LogP contribution in [0.2, 0.25) is 0 Å². The second-order valence-electron chi connectivity index (χ2n) is 5.77. The van der Waals surface area contributed by atoms with Gasteiger partial charge in [0.15, 0.2) is 11.5 Å². The van der Waals surface area contributed by atoms with Gasteiger partial charge in [-0.25, -0.2) is 0 Å². The quantitative estimate of drug-likeness (QED) is 0.829. The van der Waals surface area contributed by atoms with Crippen molar-refractivity contribution in [3.8, 4) is 0 Å². The predicted octanol–water partition coefficient (Wildman–Crippen LogP) is 2.64. The van der Waals surface area contributed by atoms with E-state index in [0.29, 0.717) is 0 Å². The number of carbonyl (C=O) groups excluding carboxylic acids is 2. The highest BCUT2D eigenvalue weighted by Crippen LogP contribution is 2.55. The summed E-state index contributed by atoms with van der Waals surface area (Å²) in [5.41, 5.74) is 2.36. The zero-order valence-corrected chi connectivity index (χ0v) is 11.9. The number of hydrogen-bond donors (Lipinski definition) is 0. The lowest BCUT2D eigenvalue weighted by atomic mass is 9.50. The molecule has 1 fully saturated rings. The summed E-state index contributed by atoms with van der Waals surface area (Å²) in [5, 5.41) is 0. The summed E-state index contributed by atoms with van der Waals surface area (Å²) in [6, 6.07) is 8.10. The van der Waals surface area contributed by atoms with Gasteiger partial charge in [0.1, 0.15) is 0 Å². The fourth-order valence-corrected chi connectivity index (χ4v) is 3.78. The smallest absolute Gasteiger partial charge is 0.201 e. The molecule has 3 rings (SSSR count). The zero-order valence-electron chi connectivity index (χ0n) is 11.9. The molecule has 1 aromatic carbocycles. The van der Waals surface area contributed by atoms with Gasteiger partial charge in [0, 0.05) is 17.9 Å². The largest absolute Gasteiger partial charge is 0.493 e. The zero-order chi connectivity index (χ0) is 14.4. The molecule has 0 bridgehead atoms. The lowest BCUT2D eigenvalue weighted by Crippen LogP contribution is -2.54. The molecule has 0 saturated heterocycles. The fraction of sp³-hybridized carbons (Fsp3) is 0.412. The molecule has 3 heteroatoms. The van der Waals surface area contributed by atoms with Crippen molar-refractivity contribution in [2.24, 2.45) is 17.8 Å². The van der Waals surface area contributed by atoms with Crippen LogP contribution in [0.4, 0.5) is 0 Å². The molecule has 4 atom stereocenters. The van der Waals surface area contributed by atoms with E-state index in [2.05, 4.69) is 26.0 Å². The first-order chi connectivity index (χ1) is 9.56. The Hall–Kier alpha value is -1.90. The van der Waals surface area contributed by atoms with Crippen molar-refractivity contribution in [2.75, 3.05) is 7.11 Å². The second kappa shape index (κ2) is 4.58. The molecule has 0 amide bonds. The molecule has 0 N–H and O–H groups in total. The molecule has 0 spiro atoms. The van der Waals surface area contributed by atoms with Crippen LogP contribution in [0.15, 0.2) is 36.1 Å². The number of benzene rings is 1. The molecule has 2 aliphatic rings. The average molecular weight is 270 g/mol. The summed E-state index contributed by atoms with van der Waals surface area (Å²) in [7, 11) is 1.45. The Morgan fingerprint density at radius 1 is 1.05 bits per heavy atom. The summed E-state index contributed by atoms with van der Waals surface area (Å²) in [6.45, 7) is 4.12. The number of methoxy groups -OCH3 is 1. The van der Waals surface area contributed by atoms with Gasteiger partial charge in [-0.15, -0.1) is 0 Å². The van der Waals surface area contributed by atoms with Crippen LogP contribution in [-0.4, -0.2) is 18.7 Å². The monoisotopic (exact) mass is 270 g/mol. The molecule has 0 heterocycles. The van der Waals surface area contributed by atoms with Crippen molar-refractivity contribution >= 4 is 11.6 Å². The first-order valence-corrected chi connectivity index (χ1v) is 6.95. The Morgan fingerprint density at radius 2 is 1.75 bits per heavy atom. The van der Waals surface area contributed by atoms with Crippen molar-refractivity contribution in [3.63, 3.8) is 0 Å². The van der Waals surface area contributed by atoms with Crippen molar-refractivity contribution in [3.05, 3.63) is 47.2 Å². The van der Waals surface area contributed by atoms with E-state index in [1.165, 1.54) is 24.3 Å². The van der Waals surface area contributed by atoms with Crippen LogP contribution in [-0.2, 0) is 14.3 Å². The summed E-state index contributed by atoms with van der Waals surface area (Å²) in [4.78, 5) is 24.6. The summed E-state index contributed by atoms with van der Waals surface area (Å²) >= 11 is 0. The molecular weight excluding hydrogens is 252 g/mol. The SMILES string of the molecule is COC1=CC(=O)C2C(C1=O)[C@H](c1ccccc1C)[C@H]2C. The summed E-state index contributed by atoms with van der Waals surface area (Å²) in [6.07, 6.45) is 1.37. The molecule has 3 nitrogen and oxygen atoms in total. The third-order valence-electron chi connectivity index (χ3n) is 4.82. The maximum atomic E-state index is 12.5. The van der Waals surface area contributed by atoms with Crippen LogP contribution in [0.1, 0.15) is 24.0 Å². The summed E-state index contributed by atoms with van der Waals surface area (Å²) in [5.74, 6) is 0.113. The minimum absolute atomic E-state index is 0.0246. The molecule has 1 saturated carbocycles. The number of carbonyl (C=O) groups is 2. The van der Waals surface area contributed by atoms with Crippen LogP contribution >= 0.6 is 0 Å². The molecular formula is C17H18O3. The van der Waals surface area contributed by atoms with Crippen LogP contribution in [0.5, 0.6) is 0 Å². The van der Waals surface area contributed by atoms with Gasteiger partial charge in [-0.1, -0.05) is 31.2 Å². The van der Waals surface area contributed by atoms with E-state index in [1.807, 2.05) is 12.1 Å². The number of ketones is 2. The standard InChI is InChI=1S/C17H18O3/c1-9-6-4-5-7-11(9)14-10(2)15-12(18)8-13(20-3)17(19)16(14)15/h4-8,10,14-16H,1-3H3/t10-,14+,15?,16?/m1/s1. The highest BCUT2D eigenvalue weighted by molar-refractivity contribution is 6.11. The maximum absolute atomic E-state index is 12.5. The Labute approximate surface area is 118 Å². The van der Waals surface area contributed by atoms with E-state index in [9.17, 15) is 9.59 Å². The Bertz CT molecular complexity index is 614. The van der Waals surface area contributed by atoms with Gasteiger partial charge >= 0.3 is 0 Å². The van der Waals surface area contributed by atoms with Gasteiger partial charge < -0.3 is 4.74 Å². The van der Waals surface area contributed by atoms with E-state index < -0.39 is 0 Å². The Balaban J connectivity index is 2.02. The van der Waals surface area contributed by atoms with Crippen molar-refractivity contribution in [2.45, 2.75) is 19.8 Å². The van der Waals surface area contributed by atoms with Crippen molar-refractivity contribution in [1.29, 1.82) is 0 Å². The van der Waals surface area contributed by atoms with Crippen molar-refractivity contribution in [1.82, 2.24) is 0 Å². The summed E-state index contributed by atoms with van der Waals surface area (Å²) < 4.78 is 5.07. The van der Waals surface area contributed by atoms with Crippen LogP contribution in [0.3, 0.4) is 0 Å². The topological polar surface area (TPSA) is 43.4 Å². The average Bonchev–Trinajstić information content (AvgIpc) is 2.43. The minimum Gasteiger partial charge on any atom is -0.493 e. The number of rotatable bonds is 2. The molecule has 20 heavy (non-hydrogen) atoms. The van der Waals surface area contributed by atoms with E-state index >= 15 is 0 Å². The predicted molar refractivity (Wildman–Crippen MR) is 75.2 cm³/mol. The molecule has 2 aliphatic carbocycles. The number of ether oxygens (including phenoxy) is 1. The lowest BCUT2D eigenvalue weighted by molar-refractivity contribution is -0.144. The molecule has 0 aliphatic heterocycles. The molecule has 2 unspecified atom stereocenters. The molecule has 0 aromatic heterocycles. The maximum Gasteiger partial charge on any atom is 0.201 e. The highest BCUT2D eigenvalue weighted by Gasteiger charge is 2.57. The van der Waals surface area contributed by atoms with Gasteiger partial charge in [0.2, 0.25) is 5.78 Å². The first kappa shape index (κ1) is 13.1. The molecule has 104 valence electrons. The van der Waals surface area contributed by atoms with Gasteiger partial charge in [0.05, 0.1) is 7.11 Å². The molecule has 0 radical (unpaired) electrons. The number of aryl methyl sites for hydroxylation is 1. The van der Waals surface area contributed by atoms with E-state index in [1.54, 1.807) is 0 Å². The third-order valence-corrected chi connectivity index (χ3v) is 4.82. The number of allylic oxidation sites excluding steroid dienone is 2. The molecule has 1 aromatic rings. The van der Waals surface area contributed by atoms with Gasteiger partial charge in [-0.3, -0.25) is 9.59 Å². The Morgan fingerprint density at radius 3 is 2.40 bits per heavy atom. The van der Waals surface area contributed by atoms with Crippen LogP contribution in [0.25, 0.3) is 0 Å². The van der Waals surface area contributed by atoms with Gasteiger partial charge in [-0.05, 0) is 29.9 Å². The minimum atomic E-state index is -0.251. The van der Waals surface area contributed by atoms with Crippen LogP contribution < -0.4 is 0 Å². The van der Waals surface area contributed by atoms with Gasteiger partial charge in [-0.2, -0.15) is 0 Å². The number of hydrogen-bond acceptors (Lipinski definition) is 3. The third kappa shape index (κ3) is 1.65. The fourth-order valence-electron chi connectivity index (χ4n) is 3.78. The van der Waals surface area contributed by atoms with Gasteiger partial charge in [0.25, 0.3) is 0 Å². The number of fused-ring (bicyclic) bond motifs is 1. The van der Waals surface area contributed by atoms with E-state index in [-0.39, 0.29) is 41.0 Å². The second-order valence-corrected chi connectivity index (χ2v) is 5.77. The van der Waals surface area contributed by atoms with Crippen molar-refractivity contribution < 1.29 is 14.3 Å². The van der Waals surface area contributed by atoms with Crippen LogP contribution in [0, 0.1) is 24.7 Å². The van der Waals surface area contributed by atoms with E-state index in [0.717, 1.165) is 0 Å². The van der Waals surface area contributed by atoms with E-state index in [4.69, 9.17) is 4.74 Å². The lowest BCUT2D eigenvalue weighted by Gasteiger charge is -2.50.